The molecule has 104 valence electrons. The van der Waals surface area contributed by atoms with Crippen molar-refractivity contribution >= 4 is 11.6 Å². The summed E-state index contributed by atoms with van der Waals surface area (Å²) in [5, 5.41) is 3.29. The average Bonchev–Trinajstić information content (AvgIpc) is 2.70. The van der Waals surface area contributed by atoms with Gasteiger partial charge in [0.25, 0.3) is 5.91 Å². The number of nitrogens with zero attached hydrogens (tertiary/aromatic N) is 1. The van der Waals surface area contributed by atoms with Crippen molar-refractivity contribution in [1.82, 2.24) is 4.90 Å². The van der Waals surface area contributed by atoms with Crippen LogP contribution in [0, 0.1) is 12.3 Å². The van der Waals surface area contributed by atoms with E-state index in [1.807, 2.05) is 24.0 Å². The van der Waals surface area contributed by atoms with Gasteiger partial charge >= 0.3 is 0 Å². The van der Waals surface area contributed by atoms with E-state index in [4.69, 9.17) is 0 Å². The van der Waals surface area contributed by atoms with Crippen LogP contribution in [0.15, 0.2) is 18.2 Å². The molecule has 2 rings (SSSR count). The van der Waals surface area contributed by atoms with E-state index in [1.54, 1.807) is 0 Å². The Bertz CT molecular complexity index is 480. The number of hydrogen-bond acceptors (Lipinski definition) is 2. The minimum absolute atomic E-state index is 0.154. The summed E-state index contributed by atoms with van der Waals surface area (Å²) in [6.45, 7) is 11.1. The molecule has 1 amide bonds. The Morgan fingerprint density at radius 1 is 1.42 bits per heavy atom. The van der Waals surface area contributed by atoms with Crippen molar-refractivity contribution in [2.24, 2.45) is 5.41 Å². The van der Waals surface area contributed by atoms with E-state index in [-0.39, 0.29) is 11.3 Å². The van der Waals surface area contributed by atoms with Crippen LogP contribution >= 0.6 is 0 Å². The molecule has 0 aromatic heterocycles. The number of benzene rings is 1. The van der Waals surface area contributed by atoms with Crippen LogP contribution in [0.3, 0.4) is 0 Å². The number of amides is 1. The van der Waals surface area contributed by atoms with Gasteiger partial charge in [-0.3, -0.25) is 4.79 Å². The first-order valence-electron chi connectivity index (χ1n) is 7.07. The number of likely N-dealkylation sites (tertiary alicyclic amines) is 1. The molecule has 19 heavy (non-hydrogen) atoms. The van der Waals surface area contributed by atoms with E-state index in [2.05, 4.69) is 32.2 Å². The van der Waals surface area contributed by atoms with Crippen LogP contribution in [-0.2, 0) is 0 Å². The topological polar surface area (TPSA) is 32.3 Å². The SMILES string of the molecule is CCNc1cc(C)ccc1C(=O)N1CCC(C)(C)C1. The lowest BCUT2D eigenvalue weighted by Gasteiger charge is -2.21. The number of carbonyl (C=O) groups excluding carboxylic acids is 1. The number of carbonyl (C=O) groups is 1. The smallest absolute Gasteiger partial charge is 0.255 e. The molecule has 1 heterocycles. The number of rotatable bonds is 3. The predicted octanol–water partition coefficient (Wildman–Crippen LogP) is 3.30. The third-order valence-electron chi connectivity index (χ3n) is 3.74. The molecule has 0 bridgehead atoms. The first-order valence-corrected chi connectivity index (χ1v) is 7.07. The summed E-state index contributed by atoms with van der Waals surface area (Å²) >= 11 is 0. The second-order valence-corrected chi connectivity index (χ2v) is 6.22. The monoisotopic (exact) mass is 260 g/mol. The summed E-state index contributed by atoms with van der Waals surface area (Å²) in [7, 11) is 0. The Morgan fingerprint density at radius 2 is 2.16 bits per heavy atom. The Morgan fingerprint density at radius 3 is 2.74 bits per heavy atom. The van der Waals surface area contributed by atoms with E-state index in [0.29, 0.717) is 0 Å². The lowest BCUT2D eigenvalue weighted by atomic mass is 9.93. The van der Waals surface area contributed by atoms with Crippen molar-refractivity contribution in [3.05, 3.63) is 29.3 Å². The largest absolute Gasteiger partial charge is 0.385 e. The number of hydrogen-bond donors (Lipinski definition) is 1. The lowest BCUT2D eigenvalue weighted by Crippen LogP contribution is -2.30. The quantitative estimate of drug-likeness (QED) is 0.904. The van der Waals surface area contributed by atoms with Gasteiger partial charge in [-0.2, -0.15) is 0 Å². The second kappa shape index (κ2) is 5.24. The molecular weight excluding hydrogens is 236 g/mol. The van der Waals surface area contributed by atoms with Gasteiger partial charge < -0.3 is 10.2 Å². The zero-order valence-corrected chi connectivity index (χ0v) is 12.4. The van der Waals surface area contributed by atoms with Crippen LogP contribution < -0.4 is 5.32 Å². The van der Waals surface area contributed by atoms with Gasteiger partial charge in [0.15, 0.2) is 0 Å². The highest BCUT2D eigenvalue weighted by atomic mass is 16.2. The molecule has 1 aliphatic heterocycles. The third kappa shape index (κ3) is 3.09. The maximum absolute atomic E-state index is 12.6. The first kappa shape index (κ1) is 13.9. The lowest BCUT2D eigenvalue weighted by molar-refractivity contribution is 0.0779. The van der Waals surface area contributed by atoms with Gasteiger partial charge in [0.2, 0.25) is 0 Å². The summed E-state index contributed by atoms with van der Waals surface area (Å²) < 4.78 is 0. The summed E-state index contributed by atoms with van der Waals surface area (Å²) in [5.41, 5.74) is 3.18. The molecule has 1 saturated heterocycles. The molecule has 0 unspecified atom stereocenters. The Kier molecular flexibility index (Phi) is 3.83. The average molecular weight is 260 g/mol. The molecule has 1 aliphatic rings. The maximum atomic E-state index is 12.6. The molecule has 0 saturated carbocycles. The van der Waals surface area contributed by atoms with Crippen LogP contribution in [-0.4, -0.2) is 30.4 Å². The van der Waals surface area contributed by atoms with Gasteiger partial charge in [-0.1, -0.05) is 19.9 Å². The molecule has 0 radical (unpaired) electrons. The van der Waals surface area contributed by atoms with Crippen molar-refractivity contribution in [3.8, 4) is 0 Å². The van der Waals surface area contributed by atoms with Crippen LogP contribution in [0.2, 0.25) is 0 Å². The minimum atomic E-state index is 0.154. The Balaban J connectivity index is 2.24. The molecular formula is C16H24N2O. The fraction of sp³-hybridized carbons (Fsp3) is 0.562. The highest BCUT2D eigenvalue weighted by Crippen LogP contribution is 2.31. The van der Waals surface area contributed by atoms with Gasteiger partial charge in [0, 0.05) is 25.3 Å². The zero-order valence-electron chi connectivity index (χ0n) is 12.4. The fourth-order valence-corrected chi connectivity index (χ4v) is 2.64. The van der Waals surface area contributed by atoms with E-state index >= 15 is 0 Å². The summed E-state index contributed by atoms with van der Waals surface area (Å²) in [5.74, 6) is 0.154. The van der Waals surface area contributed by atoms with Gasteiger partial charge in [0.1, 0.15) is 0 Å². The van der Waals surface area contributed by atoms with Crippen molar-refractivity contribution in [2.75, 3.05) is 25.0 Å². The minimum Gasteiger partial charge on any atom is -0.385 e. The summed E-state index contributed by atoms with van der Waals surface area (Å²) in [6, 6.07) is 6.01. The third-order valence-corrected chi connectivity index (χ3v) is 3.74. The first-order chi connectivity index (χ1) is 8.93. The van der Waals surface area contributed by atoms with Crippen LogP contribution in [0.4, 0.5) is 5.69 Å². The predicted molar refractivity (Wildman–Crippen MR) is 79.6 cm³/mol. The van der Waals surface area contributed by atoms with Gasteiger partial charge in [0.05, 0.1) is 5.56 Å². The number of aryl methyl sites for hydroxylation is 1. The standard InChI is InChI=1S/C16H24N2O/c1-5-17-14-10-12(2)6-7-13(14)15(19)18-9-8-16(3,4)11-18/h6-7,10,17H,5,8-9,11H2,1-4H3. The summed E-state index contributed by atoms with van der Waals surface area (Å²) in [4.78, 5) is 14.6. The van der Waals surface area contributed by atoms with Crippen molar-refractivity contribution < 1.29 is 4.79 Å². The van der Waals surface area contributed by atoms with Crippen LogP contribution in [0.25, 0.3) is 0 Å². The second-order valence-electron chi connectivity index (χ2n) is 6.22. The number of anilines is 1. The van der Waals surface area contributed by atoms with Crippen LogP contribution in [0.5, 0.6) is 0 Å². The van der Waals surface area contributed by atoms with E-state index < -0.39 is 0 Å². The van der Waals surface area contributed by atoms with Gasteiger partial charge in [-0.05, 0) is 43.4 Å². The van der Waals surface area contributed by atoms with Crippen LogP contribution in [0.1, 0.15) is 43.1 Å². The Hall–Kier alpha value is -1.51. The van der Waals surface area contributed by atoms with Gasteiger partial charge in [-0.15, -0.1) is 0 Å². The molecule has 3 nitrogen and oxygen atoms in total. The molecule has 1 N–H and O–H groups in total. The molecule has 0 aliphatic carbocycles. The van der Waals surface area contributed by atoms with Crippen molar-refractivity contribution in [2.45, 2.75) is 34.1 Å². The highest BCUT2D eigenvalue weighted by Gasteiger charge is 2.33. The van der Waals surface area contributed by atoms with Crippen molar-refractivity contribution in [3.63, 3.8) is 0 Å². The number of nitrogens with one attached hydrogen (secondary N) is 1. The molecule has 1 aromatic carbocycles. The Labute approximate surface area is 116 Å². The molecule has 1 aromatic rings. The highest BCUT2D eigenvalue weighted by molar-refractivity contribution is 6.00. The van der Waals surface area contributed by atoms with E-state index in [1.165, 1.54) is 5.56 Å². The van der Waals surface area contributed by atoms with Crippen molar-refractivity contribution in [1.29, 1.82) is 0 Å². The summed E-state index contributed by atoms with van der Waals surface area (Å²) in [6.07, 6.45) is 1.08. The van der Waals surface area contributed by atoms with E-state index in [9.17, 15) is 4.79 Å². The normalized spacial score (nSPS) is 17.6. The maximum Gasteiger partial charge on any atom is 0.255 e. The van der Waals surface area contributed by atoms with Gasteiger partial charge in [-0.25, -0.2) is 0 Å². The fourth-order valence-electron chi connectivity index (χ4n) is 2.64. The molecule has 1 fully saturated rings. The molecule has 0 spiro atoms. The zero-order chi connectivity index (χ0) is 14.0. The molecule has 0 atom stereocenters. The molecule has 3 heteroatoms. The van der Waals surface area contributed by atoms with E-state index in [0.717, 1.165) is 37.3 Å².